The number of ether oxygens (including phenoxy) is 1. The molecule has 1 N–H and O–H groups in total. The van der Waals surface area contributed by atoms with Gasteiger partial charge in [0.2, 0.25) is 0 Å². The van der Waals surface area contributed by atoms with Gasteiger partial charge < -0.3 is 9.15 Å². The molecule has 0 unspecified atom stereocenters. The van der Waals surface area contributed by atoms with Crippen LogP contribution in [0.4, 0.5) is 10.5 Å². The lowest BCUT2D eigenvalue weighted by Gasteiger charge is -2.06. The molecule has 0 aliphatic rings. The van der Waals surface area contributed by atoms with E-state index in [4.69, 9.17) is 20.8 Å². The number of amides is 1. The Labute approximate surface area is 154 Å². The number of hydrogen-bond acceptors (Lipinski definition) is 5. The first-order chi connectivity index (χ1) is 12.5. The number of halogens is 1. The van der Waals surface area contributed by atoms with Crippen molar-refractivity contribution in [2.24, 2.45) is 0 Å². The normalized spacial score (nSPS) is 10.5. The molecule has 2 aromatic heterocycles. The highest BCUT2D eigenvalue weighted by Crippen LogP contribution is 2.16. The van der Waals surface area contributed by atoms with Crippen LogP contribution in [0.1, 0.15) is 28.8 Å². The zero-order valence-electron chi connectivity index (χ0n) is 13.9. The number of nitrogens with one attached hydrogen (secondary N) is 1. The van der Waals surface area contributed by atoms with E-state index in [0.29, 0.717) is 28.8 Å². The molecule has 1 aromatic carbocycles. The van der Waals surface area contributed by atoms with Crippen molar-refractivity contribution >= 4 is 29.2 Å². The van der Waals surface area contributed by atoms with Gasteiger partial charge in [-0.2, -0.15) is 5.10 Å². The molecule has 3 aromatic rings. The van der Waals surface area contributed by atoms with E-state index in [9.17, 15) is 9.59 Å². The second-order valence-electron chi connectivity index (χ2n) is 5.54. The molecular formula is C18H16ClN3O4. The van der Waals surface area contributed by atoms with E-state index in [1.54, 1.807) is 41.2 Å². The van der Waals surface area contributed by atoms with Gasteiger partial charge in [0.25, 0.3) is 0 Å². The van der Waals surface area contributed by atoms with E-state index >= 15 is 0 Å². The minimum atomic E-state index is -0.610. The summed E-state index contributed by atoms with van der Waals surface area (Å²) in [5, 5.41) is 7.26. The molecule has 2 heterocycles. The number of Topliss-reactive ketones (excluding diaryl/α,β-unsaturated/α-hetero) is 1. The summed E-state index contributed by atoms with van der Waals surface area (Å²) in [7, 11) is 0. The van der Waals surface area contributed by atoms with E-state index < -0.39 is 6.09 Å². The van der Waals surface area contributed by atoms with E-state index in [0.717, 1.165) is 5.56 Å². The summed E-state index contributed by atoms with van der Waals surface area (Å²) >= 11 is 6.01. The van der Waals surface area contributed by atoms with Crippen LogP contribution < -0.4 is 5.32 Å². The monoisotopic (exact) mass is 373 g/mol. The Morgan fingerprint density at radius 2 is 2.08 bits per heavy atom. The number of nitrogens with zero attached hydrogens (tertiary/aromatic N) is 2. The van der Waals surface area contributed by atoms with Crippen LogP contribution in [0.5, 0.6) is 0 Å². The Kier molecular flexibility index (Phi) is 5.38. The number of anilines is 1. The molecule has 0 fully saturated rings. The van der Waals surface area contributed by atoms with Crippen molar-refractivity contribution in [3.05, 3.63) is 70.9 Å². The molecule has 0 aliphatic carbocycles. The van der Waals surface area contributed by atoms with Crippen LogP contribution in [0, 0.1) is 0 Å². The third kappa shape index (κ3) is 4.52. The highest BCUT2D eigenvalue weighted by Gasteiger charge is 2.10. The SMILES string of the molecule is CC(=O)c1ccc(Cn2cc(NC(=O)OCc3ccccc3Cl)cn2)o1. The molecule has 0 atom stereocenters. The second-order valence-corrected chi connectivity index (χ2v) is 5.95. The summed E-state index contributed by atoms with van der Waals surface area (Å²) in [6.07, 6.45) is 2.51. The van der Waals surface area contributed by atoms with Crippen molar-refractivity contribution in [1.29, 1.82) is 0 Å². The number of furan rings is 1. The highest BCUT2D eigenvalue weighted by atomic mass is 35.5. The second kappa shape index (κ2) is 7.88. The van der Waals surface area contributed by atoms with Gasteiger partial charge in [-0.05, 0) is 18.2 Å². The summed E-state index contributed by atoms with van der Waals surface area (Å²) in [6.45, 7) is 1.84. The smallest absolute Gasteiger partial charge is 0.412 e. The molecular weight excluding hydrogens is 358 g/mol. The van der Waals surface area contributed by atoms with Gasteiger partial charge >= 0.3 is 6.09 Å². The number of carbonyl (C=O) groups is 2. The van der Waals surface area contributed by atoms with Crippen molar-refractivity contribution in [2.75, 3.05) is 5.32 Å². The summed E-state index contributed by atoms with van der Waals surface area (Å²) in [5.74, 6) is 0.750. The molecule has 3 rings (SSSR count). The van der Waals surface area contributed by atoms with Crippen LogP contribution in [-0.4, -0.2) is 21.7 Å². The van der Waals surface area contributed by atoms with Gasteiger partial charge in [0.05, 0.1) is 18.4 Å². The predicted octanol–water partition coefficient (Wildman–Crippen LogP) is 4.13. The van der Waals surface area contributed by atoms with Gasteiger partial charge in [-0.25, -0.2) is 4.79 Å². The van der Waals surface area contributed by atoms with Crippen LogP contribution in [0.2, 0.25) is 5.02 Å². The molecule has 0 radical (unpaired) electrons. The Morgan fingerprint density at radius 3 is 2.81 bits per heavy atom. The van der Waals surface area contributed by atoms with E-state index in [2.05, 4.69) is 10.4 Å². The fourth-order valence-corrected chi connectivity index (χ4v) is 2.43. The first-order valence-corrected chi connectivity index (χ1v) is 8.18. The molecule has 0 aliphatic heterocycles. The average molecular weight is 374 g/mol. The molecule has 0 saturated heterocycles. The number of aromatic nitrogens is 2. The Hall–Kier alpha value is -3.06. The Morgan fingerprint density at radius 1 is 1.27 bits per heavy atom. The van der Waals surface area contributed by atoms with Gasteiger partial charge in [-0.15, -0.1) is 0 Å². The fraction of sp³-hybridized carbons (Fsp3) is 0.167. The summed E-state index contributed by atoms with van der Waals surface area (Å²) in [6, 6.07) is 10.5. The minimum Gasteiger partial charge on any atom is -0.456 e. The summed E-state index contributed by atoms with van der Waals surface area (Å²) in [4.78, 5) is 23.1. The lowest BCUT2D eigenvalue weighted by molar-refractivity contribution is 0.0985. The van der Waals surface area contributed by atoms with Gasteiger partial charge in [0.1, 0.15) is 12.4 Å². The maximum Gasteiger partial charge on any atom is 0.412 e. The fourth-order valence-electron chi connectivity index (χ4n) is 2.24. The predicted molar refractivity (Wildman–Crippen MR) is 95.3 cm³/mol. The number of rotatable bonds is 6. The molecule has 26 heavy (non-hydrogen) atoms. The van der Waals surface area contributed by atoms with Crippen molar-refractivity contribution in [3.8, 4) is 0 Å². The maximum atomic E-state index is 11.9. The molecule has 7 nitrogen and oxygen atoms in total. The summed E-state index contributed by atoms with van der Waals surface area (Å²) < 4.78 is 12.1. The average Bonchev–Trinajstić information content (AvgIpc) is 3.24. The maximum absolute atomic E-state index is 11.9. The topological polar surface area (TPSA) is 86.4 Å². The zero-order chi connectivity index (χ0) is 18.5. The highest BCUT2D eigenvalue weighted by molar-refractivity contribution is 6.31. The van der Waals surface area contributed by atoms with Crippen molar-refractivity contribution in [1.82, 2.24) is 9.78 Å². The number of benzene rings is 1. The van der Waals surface area contributed by atoms with Crippen LogP contribution in [0.3, 0.4) is 0 Å². The van der Waals surface area contributed by atoms with Crippen molar-refractivity contribution in [2.45, 2.75) is 20.1 Å². The molecule has 1 amide bonds. The largest absolute Gasteiger partial charge is 0.456 e. The Balaban J connectivity index is 1.53. The number of ketones is 1. The van der Waals surface area contributed by atoms with Gasteiger partial charge in [-0.3, -0.25) is 14.8 Å². The van der Waals surface area contributed by atoms with Crippen molar-refractivity contribution < 1.29 is 18.7 Å². The summed E-state index contributed by atoms with van der Waals surface area (Å²) in [5.41, 5.74) is 1.20. The van der Waals surface area contributed by atoms with Gasteiger partial charge in [0, 0.05) is 23.7 Å². The van der Waals surface area contributed by atoms with Crippen molar-refractivity contribution in [3.63, 3.8) is 0 Å². The van der Waals surface area contributed by atoms with Crippen LogP contribution in [-0.2, 0) is 17.9 Å². The molecule has 0 saturated carbocycles. The van der Waals surface area contributed by atoms with E-state index in [1.165, 1.54) is 13.1 Å². The quantitative estimate of drug-likeness (QED) is 0.656. The van der Waals surface area contributed by atoms with Crippen LogP contribution >= 0.6 is 11.6 Å². The van der Waals surface area contributed by atoms with Crippen LogP contribution in [0.25, 0.3) is 0 Å². The third-order valence-corrected chi connectivity index (χ3v) is 3.89. The lowest BCUT2D eigenvalue weighted by Crippen LogP contribution is -2.13. The molecule has 134 valence electrons. The van der Waals surface area contributed by atoms with Gasteiger partial charge in [0.15, 0.2) is 11.5 Å². The number of hydrogen-bond donors (Lipinski definition) is 1. The minimum absolute atomic E-state index is 0.0693. The first-order valence-electron chi connectivity index (χ1n) is 7.80. The molecule has 0 spiro atoms. The Bertz CT molecular complexity index is 932. The van der Waals surface area contributed by atoms with E-state index in [-0.39, 0.29) is 12.4 Å². The molecule has 0 bridgehead atoms. The van der Waals surface area contributed by atoms with Gasteiger partial charge in [-0.1, -0.05) is 29.8 Å². The molecule has 8 heteroatoms. The first kappa shape index (κ1) is 17.8. The lowest BCUT2D eigenvalue weighted by atomic mass is 10.2. The number of carbonyl (C=O) groups excluding carboxylic acids is 2. The third-order valence-electron chi connectivity index (χ3n) is 3.52. The van der Waals surface area contributed by atoms with Crippen LogP contribution in [0.15, 0.2) is 53.2 Å². The zero-order valence-corrected chi connectivity index (χ0v) is 14.7. The standard InChI is InChI=1S/C18H16ClN3O4/c1-12(23)17-7-6-15(26-17)10-22-9-14(8-20-22)21-18(24)25-11-13-4-2-3-5-16(13)19/h2-9H,10-11H2,1H3,(H,21,24). The van der Waals surface area contributed by atoms with E-state index in [1.807, 2.05) is 6.07 Å².